The van der Waals surface area contributed by atoms with Crippen LogP contribution in [0.4, 0.5) is 17.6 Å². The molecular weight excluding hydrogens is 448 g/mol. The van der Waals surface area contributed by atoms with Crippen molar-refractivity contribution >= 4 is 0 Å². The van der Waals surface area contributed by atoms with Gasteiger partial charge in [-0.15, -0.1) is 0 Å². The van der Waals surface area contributed by atoms with Crippen LogP contribution < -0.4 is 4.74 Å². The smallest absolute Gasteiger partial charge is 0.201 e. The second-order valence-corrected chi connectivity index (χ2v) is 8.96. The highest BCUT2D eigenvalue weighted by Crippen LogP contribution is 2.39. The fraction of sp³-hybridized carbons (Fsp3) is 0.481. The van der Waals surface area contributed by atoms with E-state index in [1.165, 1.54) is 24.3 Å². The second-order valence-electron chi connectivity index (χ2n) is 8.96. The van der Waals surface area contributed by atoms with E-state index >= 15 is 0 Å². The molecule has 3 nitrogen and oxygen atoms in total. The van der Waals surface area contributed by atoms with E-state index in [4.69, 9.17) is 14.2 Å². The van der Waals surface area contributed by atoms with E-state index < -0.39 is 29.6 Å². The van der Waals surface area contributed by atoms with Crippen LogP contribution in [0.3, 0.4) is 0 Å². The minimum atomic E-state index is -1.30. The summed E-state index contributed by atoms with van der Waals surface area (Å²) >= 11 is 0. The quantitative estimate of drug-likeness (QED) is 0.321. The molecular formula is C27H30F4O3. The number of ether oxygens (including phenoxy) is 3. The number of rotatable bonds is 6. The Labute approximate surface area is 197 Å². The van der Waals surface area contributed by atoms with Gasteiger partial charge in [-0.25, -0.2) is 13.2 Å². The Bertz CT molecular complexity index is 1020. The van der Waals surface area contributed by atoms with Gasteiger partial charge >= 0.3 is 0 Å². The molecule has 1 aliphatic heterocycles. The largest absolute Gasteiger partial charge is 0.491 e. The second kappa shape index (κ2) is 10.9. The number of benzene rings is 2. The zero-order valence-corrected chi connectivity index (χ0v) is 19.5. The van der Waals surface area contributed by atoms with Gasteiger partial charge in [-0.1, -0.05) is 24.3 Å². The van der Waals surface area contributed by atoms with Crippen molar-refractivity contribution in [2.24, 2.45) is 17.8 Å². The number of hydrogen-bond donors (Lipinski definition) is 0. The molecule has 184 valence electrons. The summed E-state index contributed by atoms with van der Waals surface area (Å²) in [5, 5.41) is 0. The maximum absolute atomic E-state index is 14.9. The summed E-state index contributed by atoms with van der Waals surface area (Å²) in [7, 11) is 0. The van der Waals surface area contributed by atoms with E-state index in [2.05, 4.69) is 12.2 Å². The van der Waals surface area contributed by atoms with Gasteiger partial charge in [0.15, 0.2) is 29.5 Å². The van der Waals surface area contributed by atoms with Crippen molar-refractivity contribution in [1.29, 1.82) is 0 Å². The first-order valence-corrected chi connectivity index (χ1v) is 11.9. The van der Waals surface area contributed by atoms with Gasteiger partial charge in [-0.2, -0.15) is 4.39 Å². The molecule has 1 saturated heterocycles. The Morgan fingerprint density at radius 3 is 2.06 bits per heavy atom. The van der Waals surface area contributed by atoms with E-state index in [-0.39, 0.29) is 35.0 Å². The summed E-state index contributed by atoms with van der Waals surface area (Å²) in [5.41, 5.74) is -0.862. The van der Waals surface area contributed by atoms with Gasteiger partial charge in [0, 0.05) is 22.6 Å². The van der Waals surface area contributed by atoms with Crippen molar-refractivity contribution in [3.05, 3.63) is 65.2 Å². The first-order valence-electron chi connectivity index (χ1n) is 11.9. The fourth-order valence-electron chi connectivity index (χ4n) is 5.01. The van der Waals surface area contributed by atoms with Gasteiger partial charge in [0.1, 0.15) is 0 Å². The van der Waals surface area contributed by atoms with Crippen LogP contribution in [0.25, 0.3) is 11.1 Å². The predicted molar refractivity (Wildman–Crippen MR) is 121 cm³/mol. The van der Waals surface area contributed by atoms with Crippen molar-refractivity contribution in [3.8, 4) is 16.9 Å². The summed E-state index contributed by atoms with van der Waals surface area (Å²) in [6.07, 6.45) is 7.79. The van der Waals surface area contributed by atoms with Crippen LogP contribution in [0.2, 0.25) is 0 Å². The van der Waals surface area contributed by atoms with Gasteiger partial charge in [0.05, 0.1) is 19.8 Å². The molecule has 0 unspecified atom stereocenters. The Balaban J connectivity index is 1.45. The van der Waals surface area contributed by atoms with E-state index in [9.17, 15) is 17.6 Å². The molecule has 1 aliphatic carbocycles. The lowest BCUT2D eigenvalue weighted by Crippen LogP contribution is -2.34. The highest BCUT2D eigenvalue weighted by molar-refractivity contribution is 5.66. The Kier molecular flexibility index (Phi) is 7.94. The maximum Gasteiger partial charge on any atom is 0.201 e. The summed E-state index contributed by atoms with van der Waals surface area (Å²) in [6.45, 7) is 4.63. The molecule has 2 aromatic carbocycles. The normalized spacial score (nSPS) is 25.6. The lowest BCUT2D eigenvalue weighted by Gasteiger charge is -2.37. The van der Waals surface area contributed by atoms with E-state index in [0.717, 1.165) is 25.7 Å². The zero-order chi connectivity index (χ0) is 24.2. The van der Waals surface area contributed by atoms with Crippen LogP contribution in [0.5, 0.6) is 5.75 Å². The Morgan fingerprint density at radius 1 is 0.824 bits per heavy atom. The standard InChI is InChI=1S/C27H30F4O3/c1-3-5-16-6-8-17(9-7-16)18-14-33-27(34-15-18)21-11-10-19(23(28)25(21)30)20-12-13-22(32-4-2)26(31)24(20)29/h3,5,10-13,16-18,27H,4,6-9,14-15H2,1-2H3/b5-3+. The first kappa shape index (κ1) is 24.7. The van der Waals surface area contributed by atoms with Crippen molar-refractivity contribution in [1.82, 2.24) is 0 Å². The summed E-state index contributed by atoms with van der Waals surface area (Å²) < 4.78 is 75.2. The topological polar surface area (TPSA) is 27.7 Å². The highest BCUT2D eigenvalue weighted by atomic mass is 19.2. The van der Waals surface area contributed by atoms with Crippen LogP contribution in [0, 0.1) is 41.0 Å². The summed E-state index contributed by atoms with van der Waals surface area (Å²) in [4.78, 5) is 0. The molecule has 34 heavy (non-hydrogen) atoms. The molecule has 0 spiro atoms. The van der Waals surface area contributed by atoms with Gasteiger partial charge in [-0.3, -0.25) is 0 Å². The Hall–Kier alpha value is -2.38. The van der Waals surface area contributed by atoms with Gasteiger partial charge in [0.2, 0.25) is 5.82 Å². The lowest BCUT2D eigenvalue weighted by atomic mass is 9.76. The molecule has 0 atom stereocenters. The van der Waals surface area contributed by atoms with Crippen LogP contribution >= 0.6 is 0 Å². The van der Waals surface area contributed by atoms with Gasteiger partial charge in [-0.05, 0) is 63.5 Å². The molecule has 0 N–H and O–H groups in total. The number of allylic oxidation sites excluding steroid dienone is 2. The van der Waals surface area contributed by atoms with Crippen molar-refractivity contribution in [2.75, 3.05) is 19.8 Å². The van der Waals surface area contributed by atoms with E-state index in [0.29, 0.717) is 25.0 Å². The SMILES string of the molecule is C/C=C/C1CCC(C2COC(c3ccc(-c4ccc(OCC)c(F)c4F)c(F)c3F)OC2)CC1. The molecule has 1 saturated carbocycles. The van der Waals surface area contributed by atoms with Crippen molar-refractivity contribution in [2.45, 2.75) is 45.8 Å². The van der Waals surface area contributed by atoms with E-state index in [1.54, 1.807) is 6.92 Å². The molecule has 2 aliphatic rings. The molecule has 1 heterocycles. The van der Waals surface area contributed by atoms with Gasteiger partial charge < -0.3 is 14.2 Å². The van der Waals surface area contributed by atoms with Crippen LogP contribution in [0.1, 0.15) is 51.4 Å². The molecule has 0 amide bonds. The monoisotopic (exact) mass is 478 g/mol. The third-order valence-electron chi connectivity index (χ3n) is 6.87. The maximum atomic E-state index is 14.9. The first-order chi connectivity index (χ1) is 16.4. The van der Waals surface area contributed by atoms with Crippen LogP contribution in [-0.2, 0) is 9.47 Å². The van der Waals surface area contributed by atoms with Crippen LogP contribution in [-0.4, -0.2) is 19.8 Å². The summed E-state index contributed by atoms with van der Waals surface area (Å²) in [6, 6.07) is 4.88. The minimum absolute atomic E-state index is 0.0942. The Morgan fingerprint density at radius 2 is 1.44 bits per heavy atom. The average Bonchev–Trinajstić information content (AvgIpc) is 2.85. The molecule has 0 aromatic heterocycles. The highest BCUT2D eigenvalue weighted by Gasteiger charge is 2.33. The molecule has 4 rings (SSSR count). The third-order valence-corrected chi connectivity index (χ3v) is 6.87. The lowest BCUT2D eigenvalue weighted by molar-refractivity contribution is -0.215. The van der Waals surface area contributed by atoms with Gasteiger partial charge in [0.25, 0.3) is 0 Å². The minimum Gasteiger partial charge on any atom is -0.491 e. The summed E-state index contributed by atoms with van der Waals surface area (Å²) in [5.74, 6) is -3.96. The molecule has 0 radical (unpaired) electrons. The number of halogens is 4. The van der Waals surface area contributed by atoms with Crippen molar-refractivity contribution in [3.63, 3.8) is 0 Å². The molecule has 7 heteroatoms. The molecule has 0 bridgehead atoms. The van der Waals surface area contributed by atoms with Crippen LogP contribution in [0.15, 0.2) is 36.4 Å². The average molecular weight is 479 g/mol. The molecule has 2 fully saturated rings. The van der Waals surface area contributed by atoms with E-state index in [1.807, 2.05) is 6.92 Å². The number of hydrogen-bond acceptors (Lipinski definition) is 3. The fourth-order valence-corrected chi connectivity index (χ4v) is 5.01. The third kappa shape index (κ3) is 5.01. The predicted octanol–water partition coefficient (Wildman–Crippen LogP) is 7.35. The molecule has 2 aromatic rings. The van der Waals surface area contributed by atoms with Crippen molar-refractivity contribution < 1.29 is 31.8 Å². The zero-order valence-electron chi connectivity index (χ0n) is 19.5.